The van der Waals surface area contributed by atoms with Crippen LogP contribution in [0.15, 0.2) is 23.4 Å². The third-order valence-corrected chi connectivity index (χ3v) is 4.98. The third-order valence-electron chi connectivity index (χ3n) is 3.38. The van der Waals surface area contributed by atoms with E-state index in [1.54, 1.807) is 0 Å². The number of hydrogen-bond acceptors (Lipinski definition) is 3. The maximum absolute atomic E-state index is 10.8. The molecule has 1 N–H and O–H groups in total. The molecule has 0 fully saturated rings. The molecule has 0 unspecified atom stereocenters. The van der Waals surface area contributed by atoms with Crippen LogP contribution in [0.25, 0.3) is 11.0 Å². The van der Waals surface area contributed by atoms with Gasteiger partial charge >= 0.3 is 5.97 Å². The van der Waals surface area contributed by atoms with Crippen molar-refractivity contribution in [2.24, 2.45) is 0 Å². The van der Waals surface area contributed by atoms with E-state index in [9.17, 15) is 4.79 Å². The number of carboxylic acids is 1. The first-order chi connectivity index (χ1) is 9.35. The summed E-state index contributed by atoms with van der Waals surface area (Å²) in [6.07, 6.45) is 0.949. The Morgan fingerprint density at radius 2 is 2.20 bits per heavy atom. The lowest BCUT2D eigenvalue weighted by atomic mass is 10.0. The normalized spacial score (nSPS) is 12.0. The number of aromatic nitrogens is 2. The largest absolute Gasteiger partial charge is 0.481 e. The molecular weight excluding hydrogens is 387 g/mol. The quantitative estimate of drug-likeness (QED) is 0.606. The summed E-state index contributed by atoms with van der Waals surface area (Å²) in [6, 6.07) is 6.15. The number of carbonyl (C=O) groups is 1. The van der Waals surface area contributed by atoms with Crippen molar-refractivity contribution < 1.29 is 9.90 Å². The van der Waals surface area contributed by atoms with Gasteiger partial charge in [-0.2, -0.15) is 0 Å². The summed E-state index contributed by atoms with van der Waals surface area (Å²) in [4.78, 5) is 15.4. The first kappa shape index (κ1) is 15.6. The maximum Gasteiger partial charge on any atom is 0.313 e. The van der Waals surface area contributed by atoms with Gasteiger partial charge in [-0.3, -0.25) is 4.79 Å². The van der Waals surface area contributed by atoms with E-state index in [0.717, 1.165) is 26.2 Å². The molecule has 0 spiro atoms. The number of hydrogen-bond donors (Lipinski definition) is 1. The van der Waals surface area contributed by atoms with Crippen LogP contribution in [0.1, 0.15) is 27.2 Å². The molecule has 0 aliphatic rings. The number of aliphatic carboxylic acids is 1. The number of benzene rings is 1. The molecule has 2 rings (SSSR count). The van der Waals surface area contributed by atoms with Crippen LogP contribution in [0.3, 0.4) is 0 Å². The standard InChI is InChI=1S/C14H17IN2O2S/c1-4-14(2,3)17-11-6-5-9(15)7-10(11)16-13(17)20-8-12(18)19/h5-7H,4,8H2,1-3H3,(H,18,19). The van der Waals surface area contributed by atoms with Crippen LogP contribution in [0.4, 0.5) is 0 Å². The zero-order valence-corrected chi connectivity index (χ0v) is 14.7. The number of imidazole rings is 1. The highest BCUT2D eigenvalue weighted by atomic mass is 127. The Hall–Kier alpha value is -0.760. The number of halogens is 1. The molecule has 0 amide bonds. The third kappa shape index (κ3) is 3.11. The molecule has 1 aromatic carbocycles. The molecule has 0 aliphatic carbocycles. The fraction of sp³-hybridized carbons (Fsp3) is 0.429. The molecule has 20 heavy (non-hydrogen) atoms. The molecule has 2 aromatic rings. The smallest absolute Gasteiger partial charge is 0.313 e. The summed E-state index contributed by atoms with van der Waals surface area (Å²) in [5, 5.41) is 9.66. The molecule has 4 nitrogen and oxygen atoms in total. The van der Waals surface area contributed by atoms with Crippen molar-refractivity contribution >= 4 is 51.4 Å². The minimum absolute atomic E-state index is 0.0280. The van der Waals surface area contributed by atoms with Gasteiger partial charge in [0.05, 0.1) is 16.8 Å². The van der Waals surface area contributed by atoms with E-state index in [0.29, 0.717) is 0 Å². The van der Waals surface area contributed by atoms with Gasteiger partial charge in [0.1, 0.15) is 0 Å². The maximum atomic E-state index is 10.8. The molecule has 1 heterocycles. The van der Waals surface area contributed by atoms with Crippen molar-refractivity contribution in [3.8, 4) is 0 Å². The van der Waals surface area contributed by atoms with Gasteiger partial charge < -0.3 is 9.67 Å². The molecule has 0 atom stereocenters. The van der Waals surface area contributed by atoms with Gasteiger partial charge in [-0.05, 0) is 61.1 Å². The van der Waals surface area contributed by atoms with Crippen molar-refractivity contribution in [2.75, 3.05) is 5.75 Å². The zero-order valence-electron chi connectivity index (χ0n) is 11.7. The molecule has 1 aromatic heterocycles. The Bertz CT molecular complexity index is 652. The second-order valence-electron chi connectivity index (χ2n) is 5.21. The first-order valence-electron chi connectivity index (χ1n) is 6.38. The number of carboxylic acid groups (broad SMARTS) is 1. The van der Waals surface area contributed by atoms with E-state index in [4.69, 9.17) is 5.11 Å². The summed E-state index contributed by atoms with van der Waals surface area (Å²) < 4.78 is 3.29. The number of thioether (sulfide) groups is 1. The van der Waals surface area contributed by atoms with Gasteiger partial charge in [0.2, 0.25) is 0 Å². The second-order valence-corrected chi connectivity index (χ2v) is 7.40. The number of rotatable bonds is 5. The van der Waals surface area contributed by atoms with E-state index in [1.807, 2.05) is 6.07 Å². The van der Waals surface area contributed by atoms with Crippen LogP contribution in [0, 0.1) is 3.57 Å². The molecule has 0 radical (unpaired) electrons. The SMILES string of the molecule is CCC(C)(C)n1c(SCC(=O)O)nc2cc(I)ccc21. The summed E-state index contributed by atoms with van der Waals surface area (Å²) in [5.41, 5.74) is 1.89. The summed E-state index contributed by atoms with van der Waals surface area (Å²) in [6.45, 7) is 6.43. The minimum Gasteiger partial charge on any atom is -0.481 e. The zero-order chi connectivity index (χ0) is 14.9. The molecule has 0 saturated carbocycles. The Labute approximate surface area is 136 Å². The summed E-state index contributed by atoms with van der Waals surface area (Å²) in [5.74, 6) is -0.794. The van der Waals surface area contributed by atoms with Crippen LogP contribution in [-0.4, -0.2) is 26.4 Å². The van der Waals surface area contributed by atoms with E-state index >= 15 is 0 Å². The number of fused-ring (bicyclic) bond motifs is 1. The lowest BCUT2D eigenvalue weighted by Gasteiger charge is -2.27. The number of nitrogens with zero attached hydrogens (tertiary/aromatic N) is 2. The van der Waals surface area contributed by atoms with Gasteiger partial charge in [0, 0.05) is 9.11 Å². The Kier molecular flexibility index (Phi) is 4.63. The first-order valence-corrected chi connectivity index (χ1v) is 8.44. The van der Waals surface area contributed by atoms with Crippen molar-refractivity contribution in [3.63, 3.8) is 0 Å². The van der Waals surface area contributed by atoms with Crippen LogP contribution in [-0.2, 0) is 10.3 Å². The predicted octanol–water partition coefficient (Wildman–Crippen LogP) is 3.96. The van der Waals surface area contributed by atoms with Gasteiger partial charge in [-0.25, -0.2) is 4.98 Å². The van der Waals surface area contributed by atoms with E-state index in [1.165, 1.54) is 11.8 Å². The average molecular weight is 404 g/mol. The molecule has 0 bridgehead atoms. The summed E-state index contributed by atoms with van der Waals surface area (Å²) in [7, 11) is 0. The highest BCUT2D eigenvalue weighted by Gasteiger charge is 2.25. The van der Waals surface area contributed by atoms with Crippen molar-refractivity contribution in [1.82, 2.24) is 9.55 Å². The average Bonchev–Trinajstić information content (AvgIpc) is 2.74. The molecule has 0 saturated heterocycles. The van der Waals surface area contributed by atoms with Gasteiger partial charge in [-0.1, -0.05) is 18.7 Å². The molecule has 6 heteroatoms. The van der Waals surface area contributed by atoms with Crippen LogP contribution >= 0.6 is 34.4 Å². The highest BCUT2D eigenvalue weighted by molar-refractivity contribution is 14.1. The Morgan fingerprint density at radius 1 is 1.50 bits per heavy atom. The topological polar surface area (TPSA) is 55.1 Å². The predicted molar refractivity (Wildman–Crippen MR) is 90.4 cm³/mol. The van der Waals surface area contributed by atoms with Crippen LogP contribution in [0.5, 0.6) is 0 Å². The molecule has 0 aliphatic heterocycles. The van der Waals surface area contributed by atoms with E-state index < -0.39 is 5.97 Å². The van der Waals surface area contributed by atoms with Crippen LogP contribution in [0.2, 0.25) is 0 Å². The van der Waals surface area contributed by atoms with Crippen molar-refractivity contribution in [2.45, 2.75) is 37.9 Å². The van der Waals surface area contributed by atoms with E-state index in [-0.39, 0.29) is 11.3 Å². The van der Waals surface area contributed by atoms with Gasteiger partial charge in [0.15, 0.2) is 5.16 Å². The Balaban J connectivity index is 2.59. The lowest BCUT2D eigenvalue weighted by Crippen LogP contribution is -2.26. The molecular formula is C14H17IN2O2S. The highest BCUT2D eigenvalue weighted by Crippen LogP contribution is 2.33. The van der Waals surface area contributed by atoms with Crippen LogP contribution < -0.4 is 0 Å². The fourth-order valence-electron chi connectivity index (χ4n) is 2.00. The van der Waals surface area contributed by atoms with Gasteiger partial charge in [-0.15, -0.1) is 0 Å². The minimum atomic E-state index is -0.822. The lowest BCUT2D eigenvalue weighted by molar-refractivity contribution is -0.133. The van der Waals surface area contributed by atoms with Crippen molar-refractivity contribution in [1.29, 1.82) is 0 Å². The Morgan fingerprint density at radius 3 is 2.80 bits per heavy atom. The second kappa shape index (κ2) is 5.93. The fourth-order valence-corrected chi connectivity index (χ4v) is 3.36. The van der Waals surface area contributed by atoms with Gasteiger partial charge in [0.25, 0.3) is 0 Å². The summed E-state index contributed by atoms with van der Waals surface area (Å²) >= 11 is 3.54. The molecule has 108 valence electrons. The van der Waals surface area contributed by atoms with Crippen molar-refractivity contribution in [3.05, 3.63) is 21.8 Å². The van der Waals surface area contributed by atoms with E-state index in [2.05, 4.69) is 65.0 Å². The monoisotopic (exact) mass is 404 g/mol.